The molecule has 2 heteroatoms. The fourth-order valence-electron chi connectivity index (χ4n) is 2.62. The number of phenolic OH excluding ortho intramolecular Hbond substituents is 1. The maximum atomic E-state index is 10.2. The lowest BCUT2D eigenvalue weighted by Gasteiger charge is -2.12. The molecule has 1 heterocycles. The summed E-state index contributed by atoms with van der Waals surface area (Å²) in [4.78, 5) is 0. The van der Waals surface area contributed by atoms with E-state index >= 15 is 0 Å². The highest BCUT2D eigenvalue weighted by Crippen LogP contribution is 2.33. The third kappa shape index (κ3) is 3.27. The van der Waals surface area contributed by atoms with E-state index in [1.165, 1.54) is 11.1 Å². The van der Waals surface area contributed by atoms with E-state index in [2.05, 4.69) is 43.3 Å². The summed E-state index contributed by atoms with van der Waals surface area (Å²) in [5.74, 6) is 1.17. The topological polar surface area (TPSA) is 29.5 Å². The van der Waals surface area contributed by atoms with Gasteiger partial charge in [-0.1, -0.05) is 36.4 Å². The Labute approximate surface area is 125 Å². The van der Waals surface area contributed by atoms with E-state index in [4.69, 9.17) is 4.74 Å². The summed E-state index contributed by atoms with van der Waals surface area (Å²) >= 11 is 0. The molecular formula is C19H20O2. The number of phenols is 1. The first-order valence-electron chi connectivity index (χ1n) is 7.39. The standard InChI is InChI=1S/C19H20O2/c1-14-7-10-17-18(20)11-16(12-19(17)21-13-14)9-8-15-5-3-2-4-6-15/h2-7,11-12,20H,8-10,13H2,1H3. The Balaban J connectivity index is 1.78. The molecule has 0 fully saturated rings. The number of aromatic hydroxyl groups is 1. The Morgan fingerprint density at radius 2 is 1.81 bits per heavy atom. The van der Waals surface area contributed by atoms with Crippen LogP contribution in [-0.2, 0) is 19.3 Å². The molecular weight excluding hydrogens is 260 g/mol. The lowest BCUT2D eigenvalue weighted by molar-refractivity contribution is 0.348. The van der Waals surface area contributed by atoms with E-state index in [0.717, 1.165) is 36.1 Å². The van der Waals surface area contributed by atoms with Crippen LogP contribution >= 0.6 is 0 Å². The number of hydrogen-bond donors (Lipinski definition) is 1. The van der Waals surface area contributed by atoms with Crippen LogP contribution in [0.2, 0.25) is 0 Å². The van der Waals surface area contributed by atoms with Crippen molar-refractivity contribution in [3.05, 3.63) is 70.8 Å². The number of aryl methyl sites for hydroxylation is 2. The zero-order chi connectivity index (χ0) is 14.7. The first-order chi connectivity index (χ1) is 10.2. The Morgan fingerprint density at radius 3 is 2.62 bits per heavy atom. The van der Waals surface area contributed by atoms with E-state index in [1.807, 2.05) is 12.1 Å². The summed E-state index contributed by atoms with van der Waals surface area (Å²) in [6.45, 7) is 2.66. The van der Waals surface area contributed by atoms with Gasteiger partial charge in [0.05, 0.1) is 0 Å². The van der Waals surface area contributed by atoms with Crippen molar-refractivity contribution in [1.29, 1.82) is 0 Å². The Hall–Kier alpha value is -2.22. The Kier molecular flexibility index (Phi) is 3.96. The van der Waals surface area contributed by atoms with E-state index in [0.29, 0.717) is 12.4 Å². The van der Waals surface area contributed by atoms with Gasteiger partial charge in [0.1, 0.15) is 18.1 Å². The van der Waals surface area contributed by atoms with Crippen molar-refractivity contribution >= 4 is 0 Å². The third-order valence-electron chi connectivity index (χ3n) is 3.90. The van der Waals surface area contributed by atoms with E-state index < -0.39 is 0 Å². The second-order valence-corrected chi connectivity index (χ2v) is 5.62. The van der Waals surface area contributed by atoms with Crippen LogP contribution in [0.4, 0.5) is 0 Å². The molecule has 0 amide bonds. The average Bonchev–Trinajstić information content (AvgIpc) is 2.69. The van der Waals surface area contributed by atoms with Crippen LogP contribution in [0.1, 0.15) is 23.6 Å². The maximum Gasteiger partial charge on any atom is 0.127 e. The molecule has 1 N–H and O–H groups in total. The molecule has 0 aromatic heterocycles. The molecule has 0 atom stereocenters. The second kappa shape index (κ2) is 6.04. The predicted octanol–water partition coefficient (Wildman–Crippen LogP) is 4.06. The van der Waals surface area contributed by atoms with Crippen molar-refractivity contribution in [1.82, 2.24) is 0 Å². The molecule has 0 unspecified atom stereocenters. The molecule has 0 spiro atoms. The highest BCUT2D eigenvalue weighted by atomic mass is 16.5. The summed E-state index contributed by atoms with van der Waals surface area (Å²) in [6, 6.07) is 14.4. The number of rotatable bonds is 3. The smallest absolute Gasteiger partial charge is 0.127 e. The lowest BCUT2D eigenvalue weighted by atomic mass is 10.0. The van der Waals surface area contributed by atoms with E-state index in [1.54, 1.807) is 0 Å². The quantitative estimate of drug-likeness (QED) is 0.859. The first kappa shape index (κ1) is 13.7. The minimum absolute atomic E-state index is 0.349. The van der Waals surface area contributed by atoms with Crippen LogP contribution in [0.3, 0.4) is 0 Å². The van der Waals surface area contributed by atoms with Gasteiger partial charge >= 0.3 is 0 Å². The molecule has 0 bridgehead atoms. The van der Waals surface area contributed by atoms with Gasteiger partial charge in [0.2, 0.25) is 0 Å². The SMILES string of the molecule is CC1=CCc2c(O)cc(CCc3ccccc3)cc2OC1. The summed E-state index contributed by atoms with van der Waals surface area (Å²) in [5, 5.41) is 10.2. The number of allylic oxidation sites excluding steroid dienone is 1. The largest absolute Gasteiger partial charge is 0.508 e. The van der Waals surface area contributed by atoms with Crippen LogP contribution in [0.15, 0.2) is 54.1 Å². The maximum absolute atomic E-state index is 10.2. The van der Waals surface area contributed by atoms with Crippen molar-refractivity contribution in [2.45, 2.75) is 26.2 Å². The minimum atomic E-state index is 0.349. The second-order valence-electron chi connectivity index (χ2n) is 5.62. The third-order valence-corrected chi connectivity index (χ3v) is 3.90. The molecule has 2 aromatic carbocycles. The molecule has 3 rings (SSSR count). The van der Waals surface area contributed by atoms with E-state index in [9.17, 15) is 5.11 Å². The highest BCUT2D eigenvalue weighted by molar-refractivity contribution is 5.49. The van der Waals surface area contributed by atoms with Crippen LogP contribution in [0.5, 0.6) is 11.5 Å². The van der Waals surface area contributed by atoms with Gasteiger partial charge in [0.15, 0.2) is 0 Å². The van der Waals surface area contributed by atoms with Gasteiger partial charge in [-0.2, -0.15) is 0 Å². The van der Waals surface area contributed by atoms with Crippen molar-refractivity contribution in [2.75, 3.05) is 6.61 Å². The Bertz CT molecular complexity index is 657. The predicted molar refractivity (Wildman–Crippen MR) is 84.9 cm³/mol. The van der Waals surface area contributed by atoms with Gasteiger partial charge in [-0.3, -0.25) is 0 Å². The molecule has 1 aliphatic heterocycles. The molecule has 0 saturated carbocycles. The first-order valence-corrected chi connectivity index (χ1v) is 7.39. The number of fused-ring (bicyclic) bond motifs is 1. The normalized spacial score (nSPS) is 13.9. The molecule has 2 aromatic rings. The number of hydrogen-bond acceptors (Lipinski definition) is 2. The molecule has 21 heavy (non-hydrogen) atoms. The zero-order valence-electron chi connectivity index (χ0n) is 12.3. The van der Waals surface area contributed by atoms with Crippen molar-refractivity contribution < 1.29 is 9.84 Å². The molecule has 1 aliphatic rings. The van der Waals surface area contributed by atoms with Crippen LogP contribution in [-0.4, -0.2) is 11.7 Å². The van der Waals surface area contributed by atoms with Gasteiger partial charge in [-0.15, -0.1) is 0 Å². The fourth-order valence-corrected chi connectivity index (χ4v) is 2.62. The average molecular weight is 280 g/mol. The molecule has 0 radical (unpaired) electrons. The van der Waals surface area contributed by atoms with Crippen LogP contribution in [0, 0.1) is 0 Å². The number of ether oxygens (including phenoxy) is 1. The van der Waals surface area contributed by atoms with Gasteiger partial charge in [-0.05, 0) is 55.0 Å². The zero-order valence-corrected chi connectivity index (χ0v) is 12.3. The summed E-state index contributed by atoms with van der Waals surface area (Å²) in [7, 11) is 0. The summed E-state index contributed by atoms with van der Waals surface area (Å²) < 4.78 is 5.81. The molecule has 0 aliphatic carbocycles. The van der Waals surface area contributed by atoms with Crippen LogP contribution < -0.4 is 4.74 Å². The monoisotopic (exact) mass is 280 g/mol. The van der Waals surface area contributed by atoms with E-state index in [-0.39, 0.29) is 0 Å². The minimum Gasteiger partial charge on any atom is -0.508 e. The van der Waals surface area contributed by atoms with Gasteiger partial charge in [0, 0.05) is 5.56 Å². The van der Waals surface area contributed by atoms with Crippen molar-refractivity contribution in [3.8, 4) is 11.5 Å². The highest BCUT2D eigenvalue weighted by Gasteiger charge is 2.14. The fraction of sp³-hybridized carbons (Fsp3) is 0.263. The molecule has 2 nitrogen and oxygen atoms in total. The Morgan fingerprint density at radius 1 is 1.05 bits per heavy atom. The van der Waals surface area contributed by atoms with Crippen molar-refractivity contribution in [3.63, 3.8) is 0 Å². The van der Waals surface area contributed by atoms with Gasteiger partial charge in [0.25, 0.3) is 0 Å². The lowest BCUT2D eigenvalue weighted by Crippen LogP contribution is -1.99. The summed E-state index contributed by atoms with van der Waals surface area (Å²) in [5.41, 5.74) is 4.53. The van der Waals surface area contributed by atoms with Crippen molar-refractivity contribution in [2.24, 2.45) is 0 Å². The number of benzene rings is 2. The molecule has 108 valence electrons. The van der Waals surface area contributed by atoms with Crippen LogP contribution in [0.25, 0.3) is 0 Å². The molecule has 0 saturated heterocycles. The van der Waals surface area contributed by atoms with Gasteiger partial charge < -0.3 is 9.84 Å². The van der Waals surface area contributed by atoms with Gasteiger partial charge in [-0.25, -0.2) is 0 Å². The summed E-state index contributed by atoms with van der Waals surface area (Å²) in [6.07, 6.45) is 4.73.